The summed E-state index contributed by atoms with van der Waals surface area (Å²) in [7, 11) is 1.72. The lowest BCUT2D eigenvalue weighted by atomic mass is 10.3. The molecule has 0 spiro atoms. The van der Waals surface area contributed by atoms with E-state index in [-0.39, 0.29) is 5.82 Å². The van der Waals surface area contributed by atoms with E-state index >= 15 is 0 Å². The smallest absolute Gasteiger partial charge is 0.360 e. The van der Waals surface area contributed by atoms with Crippen molar-refractivity contribution < 1.29 is 4.92 Å². The highest BCUT2D eigenvalue weighted by molar-refractivity contribution is 7.07. The van der Waals surface area contributed by atoms with Crippen LogP contribution in [0.3, 0.4) is 0 Å². The van der Waals surface area contributed by atoms with E-state index in [1.165, 1.54) is 6.33 Å². The second kappa shape index (κ2) is 4.31. The van der Waals surface area contributed by atoms with E-state index in [0.29, 0.717) is 12.4 Å². The predicted molar refractivity (Wildman–Crippen MR) is 61.5 cm³/mol. The highest BCUT2D eigenvalue weighted by atomic mass is 32.1. The standard InChI is InChI=1S/C9H10N4O2S/c1-12-6-11-9(13(14)15)8(12)10-4-7-2-3-16-5-7/h2-3,5-6,10H,4H2,1H3. The van der Waals surface area contributed by atoms with Gasteiger partial charge in [0.25, 0.3) is 0 Å². The Kier molecular flexibility index (Phi) is 2.86. The number of aromatic nitrogens is 2. The minimum atomic E-state index is -0.490. The Morgan fingerprint density at radius 3 is 3.12 bits per heavy atom. The Hall–Kier alpha value is -1.89. The third kappa shape index (κ3) is 2.03. The van der Waals surface area contributed by atoms with Gasteiger partial charge in [0, 0.05) is 13.6 Å². The van der Waals surface area contributed by atoms with Gasteiger partial charge in [0.15, 0.2) is 0 Å². The second-order valence-corrected chi connectivity index (χ2v) is 4.05. The average molecular weight is 238 g/mol. The van der Waals surface area contributed by atoms with E-state index in [1.54, 1.807) is 23.0 Å². The Balaban J connectivity index is 2.14. The summed E-state index contributed by atoms with van der Waals surface area (Å²) in [5, 5.41) is 17.7. The molecule has 0 fully saturated rings. The quantitative estimate of drug-likeness (QED) is 0.653. The van der Waals surface area contributed by atoms with Gasteiger partial charge in [-0.2, -0.15) is 11.3 Å². The van der Waals surface area contributed by atoms with Crippen molar-refractivity contribution in [3.05, 3.63) is 38.8 Å². The van der Waals surface area contributed by atoms with Crippen molar-refractivity contribution in [3.8, 4) is 0 Å². The fraction of sp³-hybridized carbons (Fsp3) is 0.222. The topological polar surface area (TPSA) is 73.0 Å². The Bertz CT molecular complexity index is 492. The summed E-state index contributed by atoms with van der Waals surface area (Å²) in [6.45, 7) is 0.559. The molecule has 84 valence electrons. The minimum Gasteiger partial charge on any atom is -0.360 e. The minimum absolute atomic E-state index is 0.141. The van der Waals surface area contributed by atoms with Crippen molar-refractivity contribution in [2.45, 2.75) is 6.54 Å². The number of aryl methyl sites for hydroxylation is 1. The van der Waals surface area contributed by atoms with E-state index in [1.807, 2.05) is 16.8 Å². The van der Waals surface area contributed by atoms with Crippen molar-refractivity contribution >= 4 is 23.0 Å². The van der Waals surface area contributed by atoms with Gasteiger partial charge < -0.3 is 15.4 Å². The summed E-state index contributed by atoms with van der Waals surface area (Å²) in [5.41, 5.74) is 1.10. The number of nitro groups is 1. The molecule has 0 bridgehead atoms. The lowest BCUT2D eigenvalue weighted by Gasteiger charge is -2.04. The summed E-state index contributed by atoms with van der Waals surface area (Å²) >= 11 is 1.60. The average Bonchev–Trinajstić information content (AvgIpc) is 2.84. The fourth-order valence-corrected chi connectivity index (χ4v) is 2.00. The lowest BCUT2D eigenvalue weighted by Crippen LogP contribution is -2.05. The van der Waals surface area contributed by atoms with E-state index in [4.69, 9.17) is 0 Å². The van der Waals surface area contributed by atoms with E-state index < -0.39 is 4.92 Å². The molecule has 16 heavy (non-hydrogen) atoms. The number of anilines is 1. The van der Waals surface area contributed by atoms with Crippen molar-refractivity contribution in [1.82, 2.24) is 9.55 Å². The molecule has 0 aromatic carbocycles. The maximum Gasteiger partial charge on any atom is 0.406 e. The highest BCUT2D eigenvalue weighted by Gasteiger charge is 2.19. The first-order chi connectivity index (χ1) is 7.68. The summed E-state index contributed by atoms with van der Waals surface area (Å²) in [4.78, 5) is 13.9. The lowest BCUT2D eigenvalue weighted by molar-refractivity contribution is -0.388. The molecule has 2 heterocycles. The van der Waals surface area contributed by atoms with Gasteiger partial charge in [-0.1, -0.05) is 0 Å². The van der Waals surface area contributed by atoms with Crippen LogP contribution in [0.25, 0.3) is 0 Å². The van der Waals surface area contributed by atoms with Crippen LogP contribution < -0.4 is 5.32 Å². The van der Waals surface area contributed by atoms with Crippen LogP contribution in [-0.4, -0.2) is 14.5 Å². The molecule has 0 radical (unpaired) electrons. The largest absolute Gasteiger partial charge is 0.406 e. The maximum absolute atomic E-state index is 10.7. The molecule has 2 aromatic heterocycles. The Morgan fingerprint density at radius 2 is 2.50 bits per heavy atom. The first kappa shape index (κ1) is 10.6. The Morgan fingerprint density at radius 1 is 1.69 bits per heavy atom. The number of hydrogen-bond acceptors (Lipinski definition) is 5. The number of hydrogen-bond donors (Lipinski definition) is 1. The third-order valence-corrected chi connectivity index (χ3v) is 2.86. The molecular weight excluding hydrogens is 228 g/mol. The van der Waals surface area contributed by atoms with Crippen molar-refractivity contribution in [2.75, 3.05) is 5.32 Å². The van der Waals surface area contributed by atoms with Gasteiger partial charge in [0.1, 0.15) is 0 Å². The molecule has 0 unspecified atom stereocenters. The molecule has 0 saturated carbocycles. The normalized spacial score (nSPS) is 10.3. The highest BCUT2D eigenvalue weighted by Crippen LogP contribution is 2.21. The molecule has 1 N–H and O–H groups in total. The van der Waals surface area contributed by atoms with Crippen LogP contribution >= 0.6 is 11.3 Å². The van der Waals surface area contributed by atoms with Crippen molar-refractivity contribution in [2.24, 2.45) is 7.05 Å². The second-order valence-electron chi connectivity index (χ2n) is 3.27. The van der Waals surface area contributed by atoms with Gasteiger partial charge in [0.05, 0.1) is 0 Å². The zero-order valence-corrected chi connectivity index (χ0v) is 9.40. The number of nitrogens with zero attached hydrogens (tertiary/aromatic N) is 3. The summed E-state index contributed by atoms with van der Waals surface area (Å²) in [6.07, 6.45) is 1.42. The van der Waals surface area contributed by atoms with Crippen molar-refractivity contribution in [3.63, 3.8) is 0 Å². The summed E-state index contributed by atoms with van der Waals surface area (Å²) in [5.74, 6) is 0.286. The van der Waals surface area contributed by atoms with Gasteiger partial charge in [-0.25, -0.2) is 0 Å². The van der Waals surface area contributed by atoms with E-state index in [2.05, 4.69) is 10.3 Å². The molecule has 0 saturated heterocycles. The molecular formula is C9H10N4O2S. The van der Waals surface area contributed by atoms with Crippen LogP contribution in [0.1, 0.15) is 5.56 Å². The fourth-order valence-electron chi connectivity index (χ4n) is 1.33. The van der Waals surface area contributed by atoms with E-state index in [9.17, 15) is 10.1 Å². The summed E-state index contributed by atoms with van der Waals surface area (Å²) in [6, 6.07) is 1.97. The molecule has 0 aliphatic carbocycles. The molecule has 0 atom stereocenters. The predicted octanol–water partition coefficient (Wildman–Crippen LogP) is 2.00. The number of thiophene rings is 1. The monoisotopic (exact) mass is 238 g/mol. The molecule has 2 aromatic rings. The molecule has 0 aliphatic heterocycles. The zero-order chi connectivity index (χ0) is 11.5. The SMILES string of the molecule is Cn1cnc([N+](=O)[O-])c1NCc1ccsc1. The van der Waals surface area contributed by atoms with Crippen LogP contribution in [-0.2, 0) is 13.6 Å². The van der Waals surface area contributed by atoms with Crippen LogP contribution in [0.2, 0.25) is 0 Å². The Labute approximate surface area is 95.7 Å². The van der Waals surface area contributed by atoms with Crippen molar-refractivity contribution in [1.29, 1.82) is 0 Å². The number of imidazole rings is 1. The van der Waals surface area contributed by atoms with Gasteiger partial charge in [-0.05, 0) is 32.3 Å². The van der Waals surface area contributed by atoms with Gasteiger partial charge >= 0.3 is 5.82 Å². The van der Waals surface area contributed by atoms with Gasteiger partial charge in [0.2, 0.25) is 12.1 Å². The molecule has 7 heteroatoms. The molecule has 6 nitrogen and oxygen atoms in total. The van der Waals surface area contributed by atoms with Crippen LogP contribution in [0.5, 0.6) is 0 Å². The number of rotatable bonds is 4. The number of nitrogens with one attached hydrogen (secondary N) is 1. The third-order valence-electron chi connectivity index (χ3n) is 2.13. The van der Waals surface area contributed by atoms with Gasteiger partial charge in [-0.3, -0.25) is 4.57 Å². The first-order valence-corrected chi connectivity index (χ1v) is 5.53. The maximum atomic E-state index is 10.7. The van der Waals surface area contributed by atoms with Crippen LogP contribution in [0.4, 0.5) is 11.6 Å². The van der Waals surface area contributed by atoms with Gasteiger partial charge in [-0.15, -0.1) is 0 Å². The van der Waals surface area contributed by atoms with Crippen LogP contribution in [0.15, 0.2) is 23.2 Å². The summed E-state index contributed by atoms with van der Waals surface area (Å²) < 4.78 is 1.60. The van der Waals surface area contributed by atoms with Crippen LogP contribution in [0, 0.1) is 10.1 Å². The van der Waals surface area contributed by atoms with E-state index in [0.717, 1.165) is 5.56 Å². The molecule has 2 rings (SSSR count). The molecule has 0 aliphatic rings. The molecule has 0 amide bonds. The first-order valence-electron chi connectivity index (χ1n) is 4.59. The zero-order valence-electron chi connectivity index (χ0n) is 8.58.